The van der Waals surface area contributed by atoms with E-state index in [1.807, 2.05) is 12.1 Å². The predicted octanol–water partition coefficient (Wildman–Crippen LogP) is 2.53. The van der Waals surface area contributed by atoms with Crippen molar-refractivity contribution in [2.75, 3.05) is 11.9 Å². The van der Waals surface area contributed by atoms with Crippen LogP contribution in [-0.2, 0) is 6.42 Å². The fourth-order valence-electron chi connectivity index (χ4n) is 2.27. The van der Waals surface area contributed by atoms with E-state index in [1.165, 1.54) is 5.56 Å². The Morgan fingerprint density at radius 2 is 2.18 bits per heavy atom. The van der Waals surface area contributed by atoms with Crippen LogP contribution in [-0.4, -0.2) is 17.8 Å². The number of pyridine rings is 1. The van der Waals surface area contributed by atoms with E-state index in [9.17, 15) is 4.79 Å². The molecule has 0 aliphatic carbocycles. The average molecular weight is 224 g/mol. The molecule has 3 heteroatoms. The minimum absolute atomic E-state index is 0.634. The first-order valence-electron chi connectivity index (χ1n) is 5.66. The molecule has 2 heterocycles. The number of anilines is 1. The second-order valence-corrected chi connectivity index (χ2v) is 4.08. The van der Waals surface area contributed by atoms with E-state index in [-0.39, 0.29) is 0 Å². The Balaban J connectivity index is 2.22. The van der Waals surface area contributed by atoms with E-state index in [0.717, 1.165) is 36.2 Å². The molecule has 0 atom stereocenters. The summed E-state index contributed by atoms with van der Waals surface area (Å²) in [5.41, 5.74) is 4.82. The summed E-state index contributed by atoms with van der Waals surface area (Å²) in [6.07, 6.45) is 3.61. The zero-order valence-electron chi connectivity index (χ0n) is 9.31. The van der Waals surface area contributed by atoms with Crippen molar-refractivity contribution >= 4 is 12.0 Å². The molecule has 0 amide bonds. The van der Waals surface area contributed by atoms with E-state index in [1.54, 1.807) is 18.3 Å². The van der Waals surface area contributed by atoms with Crippen molar-refractivity contribution < 1.29 is 4.79 Å². The number of rotatable bonds is 2. The lowest BCUT2D eigenvalue weighted by atomic mass is 10.0. The van der Waals surface area contributed by atoms with Gasteiger partial charge in [-0.1, -0.05) is 18.2 Å². The highest BCUT2D eigenvalue weighted by Gasteiger charge is 2.17. The van der Waals surface area contributed by atoms with Gasteiger partial charge in [-0.25, -0.2) is 0 Å². The van der Waals surface area contributed by atoms with Crippen molar-refractivity contribution in [2.24, 2.45) is 0 Å². The number of benzene rings is 1. The summed E-state index contributed by atoms with van der Waals surface area (Å²) in [5, 5.41) is 3.36. The van der Waals surface area contributed by atoms with Gasteiger partial charge in [-0.15, -0.1) is 0 Å². The molecule has 0 spiro atoms. The molecular weight excluding hydrogens is 212 g/mol. The Morgan fingerprint density at radius 3 is 3.06 bits per heavy atom. The van der Waals surface area contributed by atoms with Gasteiger partial charge in [-0.2, -0.15) is 0 Å². The molecule has 2 aromatic rings. The molecule has 1 aliphatic heterocycles. The molecule has 1 aromatic heterocycles. The first-order valence-corrected chi connectivity index (χ1v) is 5.66. The number of aldehydes is 1. The Morgan fingerprint density at radius 1 is 1.24 bits per heavy atom. The van der Waals surface area contributed by atoms with Crippen LogP contribution in [0.25, 0.3) is 11.3 Å². The smallest absolute Gasteiger partial charge is 0.152 e. The highest BCUT2D eigenvalue weighted by atomic mass is 16.1. The van der Waals surface area contributed by atoms with Crippen LogP contribution in [0.1, 0.15) is 15.9 Å². The Hall–Kier alpha value is -2.16. The molecule has 84 valence electrons. The van der Waals surface area contributed by atoms with Gasteiger partial charge >= 0.3 is 0 Å². The largest absolute Gasteiger partial charge is 0.384 e. The number of hydrogen-bond donors (Lipinski definition) is 1. The van der Waals surface area contributed by atoms with Crippen LogP contribution < -0.4 is 5.32 Å². The second-order valence-electron chi connectivity index (χ2n) is 4.08. The molecule has 1 N–H and O–H groups in total. The maximum atomic E-state index is 11.0. The minimum atomic E-state index is 0.634. The van der Waals surface area contributed by atoms with Gasteiger partial charge in [0.05, 0.1) is 5.69 Å². The molecule has 3 rings (SSSR count). The number of hydrogen-bond acceptors (Lipinski definition) is 3. The van der Waals surface area contributed by atoms with Crippen molar-refractivity contribution in [1.29, 1.82) is 0 Å². The van der Waals surface area contributed by atoms with Crippen LogP contribution in [0.2, 0.25) is 0 Å². The summed E-state index contributed by atoms with van der Waals surface area (Å²) in [5.74, 6) is 0. The fourth-order valence-corrected chi connectivity index (χ4v) is 2.27. The summed E-state index contributed by atoms with van der Waals surface area (Å²) >= 11 is 0. The van der Waals surface area contributed by atoms with E-state index in [0.29, 0.717) is 5.56 Å². The molecule has 0 unspecified atom stereocenters. The summed E-state index contributed by atoms with van der Waals surface area (Å²) in [4.78, 5) is 15.4. The molecular formula is C14H12N2O. The summed E-state index contributed by atoms with van der Waals surface area (Å²) in [6, 6.07) is 9.72. The van der Waals surface area contributed by atoms with Crippen LogP contribution >= 0.6 is 0 Å². The lowest BCUT2D eigenvalue weighted by Gasteiger charge is -2.09. The van der Waals surface area contributed by atoms with E-state index < -0.39 is 0 Å². The van der Waals surface area contributed by atoms with Gasteiger partial charge in [0.1, 0.15) is 0 Å². The van der Waals surface area contributed by atoms with Crippen molar-refractivity contribution in [1.82, 2.24) is 4.98 Å². The van der Waals surface area contributed by atoms with Gasteiger partial charge in [-0.3, -0.25) is 9.78 Å². The van der Waals surface area contributed by atoms with Crippen LogP contribution in [0.15, 0.2) is 36.5 Å². The van der Waals surface area contributed by atoms with Gasteiger partial charge in [0.25, 0.3) is 0 Å². The number of carbonyl (C=O) groups excluding carboxylic acids is 1. The third-order valence-electron chi connectivity index (χ3n) is 3.07. The molecule has 0 saturated heterocycles. The van der Waals surface area contributed by atoms with Gasteiger partial charge in [0.15, 0.2) is 6.29 Å². The van der Waals surface area contributed by atoms with E-state index in [2.05, 4.69) is 16.4 Å². The zero-order chi connectivity index (χ0) is 11.7. The summed E-state index contributed by atoms with van der Waals surface area (Å²) < 4.78 is 0. The van der Waals surface area contributed by atoms with Gasteiger partial charge < -0.3 is 5.32 Å². The maximum Gasteiger partial charge on any atom is 0.152 e. The minimum Gasteiger partial charge on any atom is -0.384 e. The van der Waals surface area contributed by atoms with E-state index >= 15 is 0 Å². The van der Waals surface area contributed by atoms with Crippen molar-refractivity contribution in [2.45, 2.75) is 6.42 Å². The number of fused-ring (bicyclic) bond motifs is 1. The highest BCUT2D eigenvalue weighted by molar-refractivity contribution is 5.90. The SMILES string of the molecule is O=Cc1cccnc1-c1cccc2c1NCC2. The Kier molecular flexibility index (Phi) is 2.37. The number of nitrogens with zero attached hydrogens (tertiary/aromatic N) is 1. The molecule has 0 bridgehead atoms. The van der Waals surface area contributed by atoms with E-state index in [4.69, 9.17) is 0 Å². The highest BCUT2D eigenvalue weighted by Crippen LogP contribution is 2.34. The lowest BCUT2D eigenvalue weighted by Crippen LogP contribution is -1.96. The monoisotopic (exact) mass is 224 g/mol. The Bertz CT molecular complexity index is 578. The van der Waals surface area contributed by atoms with Crippen LogP contribution in [0.4, 0.5) is 5.69 Å². The predicted molar refractivity (Wildman–Crippen MR) is 67.3 cm³/mol. The normalized spacial score (nSPS) is 12.9. The quantitative estimate of drug-likeness (QED) is 0.797. The summed E-state index contributed by atoms with van der Waals surface area (Å²) in [7, 11) is 0. The molecule has 17 heavy (non-hydrogen) atoms. The first-order chi connectivity index (χ1) is 8.40. The maximum absolute atomic E-state index is 11.0. The van der Waals surface area contributed by atoms with Gasteiger partial charge in [-0.05, 0) is 24.1 Å². The molecule has 1 aliphatic rings. The van der Waals surface area contributed by atoms with Crippen LogP contribution in [0.5, 0.6) is 0 Å². The van der Waals surface area contributed by atoms with Gasteiger partial charge in [0.2, 0.25) is 0 Å². The fraction of sp³-hybridized carbons (Fsp3) is 0.143. The Labute approximate surface area is 99.5 Å². The number of aromatic nitrogens is 1. The molecule has 0 radical (unpaired) electrons. The van der Waals surface area contributed by atoms with Crippen molar-refractivity contribution in [3.05, 3.63) is 47.7 Å². The third-order valence-corrected chi connectivity index (χ3v) is 3.07. The molecule has 1 aromatic carbocycles. The van der Waals surface area contributed by atoms with Gasteiger partial charge in [0, 0.05) is 29.6 Å². The second kappa shape index (κ2) is 4.01. The number of para-hydroxylation sites is 1. The third kappa shape index (κ3) is 1.60. The first kappa shape index (κ1) is 10.0. The summed E-state index contributed by atoms with van der Waals surface area (Å²) in [6.45, 7) is 0.954. The topological polar surface area (TPSA) is 42.0 Å². The molecule has 0 saturated carbocycles. The zero-order valence-corrected chi connectivity index (χ0v) is 9.31. The van der Waals surface area contributed by atoms with Crippen LogP contribution in [0, 0.1) is 0 Å². The number of carbonyl (C=O) groups is 1. The average Bonchev–Trinajstić information content (AvgIpc) is 2.86. The molecule has 3 nitrogen and oxygen atoms in total. The van der Waals surface area contributed by atoms with Crippen LogP contribution in [0.3, 0.4) is 0 Å². The lowest BCUT2D eigenvalue weighted by molar-refractivity contribution is 0.112. The standard InChI is InChI=1S/C14H12N2O/c17-9-11-4-2-7-15-14(11)12-5-1-3-10-6-8-16-13(10)12/h1-5,7,9,16H,6,8H2. The number of nitrogens with one attached hydrogen (secondary N) is 1. The molecule has 0 fully saturated rings. The van der Waals surface area contributed by atoms with Crippen molar-refractivity contribution in [3.63, 3.8) is 0 Å². The van der Waals surface area contributed by atoms with Crippen molar-refractivity contribution in [3.8, 4) is 11.3 Å².